The highest BCUT2D eigenvalue weighted by molar-refractivity contribution is 6.46. The molecule has 2 aromatic heterocycles. The van der Waals surface area contributed by atoms with Crippen molar-refractivity contribution in [3.63, 3.8) is 0 Å². The SMILES string of the molecule is Cc1cccc(COc2ccc(/C(O)=C3\C(=O)C(=O)N(CCCn4ccnc4)[C@H]3c3cccnc3)cc2)c1. The number of amides is 1. The van der Waals surface area contributed by atoms with E-state index in [1.54, 1.807) is 55.2 Å². The van der Waals surface area contributed by atoms with Crippen LogP contribution >= 0.6 is 0 Å². The van der Waals surface area contributed by atoms with Gasteiger partial charge in [0.2, 0.25) is 0 Å². The van der Waals surface area contributed by atoms with Crippen LogP contribution in [0.5, 0.6) is 5.75 Å². The van der Waals surface area contributed by atoms with Crippen LogP contribution in [0.2, 0.25) is 0 Å². The Morgan fingerprint density at radius 1 is 1.00 bits per heavy atom. The number of pyridine rings is 1. The Morgan fingerprint density at radius 2 is 1.84 bits per heavy atom. The van der Waals surface area contributed by atoms with Crippen molar-refractivity contribution >= 4 is 17.4 Å². The Hall–Kier alpha value is -4.72. The van der Waals surface area contributed by atoms with Crippen LogP contribution in [0, 0.1) is 6.92 Å². The summed E-state index contributed by atoms with van der Waals surface area (Å²) in [5, 5.41) is 11.3. The summed E-state index contributed by atoms with van der Waals surface area (Å²) in [6.45, 7) is 3.43. The third-order valence-corrected chi connectivity index (χ3v) is 6.53. The second-order valence-corrected chi connectivity index (χ2v) is 9.24. The highest BCUT2D eigenvalue weighted by atomic mass is 16.5. The van der Waals surface area contributed by atoms with E-state index in [9.17, 15) is 14.7 Å². The van der Waals surface area contributed by atoms with Gasteiger partial charge in [-0.1, -0.05) is 35.9 Å². The van der Waals surface area contributed by atoms with Crippen LogP contribution in [0.15, 0.2) is 97.4 Å². The molecule has 1 amide bonds. The maximum absolute atomic E-state index is 13.2. The molecule has 2 aromatic carbocycles. The molecule has 1 aliphatic heterocycles. The quantitative estimate of drug-likeness (QED) is 0.200. The number of ether oxygens (including phenoxy) is 1. The Kier molecular flexibility index (Phi) is 7.31. The largest absolute Gasteiger partial charge is 0.507 e. The molecule has 5 rings (SSSR count). The Balaban J connectivity index is 1.39. The lowest BCUT2D eigenvalue weighted by Gasteiger charge is -2.25. The zero-order valence-electron chi connectivity index (χ0n) is 21.0. The van der Waals surface area contributed by atoms with Gasteiger partial charge in [0.25, 0.3) is 11.7 Å². The summed E-state index contributed by atoms with van der Waals surface area (Å²) in [6.07, 6.45) is 9.12. The summed E-state index contributed by atoms with van der Waals surface area (Å²) in [6, 6.07) is 17.8. The van der Waals surface area contributed by atoms with Gasteiger partial charge in [0.15, 0.2) is 0 Å². The van der Waals surface area contributed by atoms with Crippen molar-refractivity contribution in [2.75, 3.05) is 6.54 Å². The predicted molar refractivity (Wildman–Crippen MR) is 142 cm³/mol. The molecule has 3 heterocycles. The number of aliphatic hydroxyl groups is 1. The van der Waals surface area contributed by atoms with Crippen LogP contribution < -0.4 is 4.74 Å². The van der Waals surface area contributed by atoms with Gasteiger partial charge < -0.3 is 19.3 Å². The van der Waals surface area contributed by atoms with Gasteiger partial charge in [-0.3, -0.25) is 14.6 Å². The van der Waals surface area contributed by atoms with Crippen LogP contribution in [0.1, 0.15) is 34.7 Å². The van der Waals surface area contributed by atoms with E-state index in [-0.39, 0.29) is 11.3 Å². The van der Waals surface area contributed by atoms with E-state index in [1.807, 2.05) is 42.0 Å². The third-order valence-electron chi connectivity index (χ3n) is 6.53. The fourth-order valence-corrected chi connectivity index (χ4v) is 4.67. The fourth-order valence-electron chi connectivity index (χ4n) is 4.67. The zero-order valence-corrected chi connectivity index (χ0v) is 21.0. The number of carbonyl (C=O) groups excluding carboxylic acids is 2. The molecule has 0 radical (unpaired) electrons. The van der Waals surface area contributed by atoms with Crippen LogP contribution in [0.4, 0.5) is 0 Å². The molecule has 1 fully saturated rings. The molecular formula is C30H28N4O4. The van der Waals surface area contributed by atoms with E-state index in [0.717, 1.165) is 11.1 Å². The number of aliphatic hydroxyl groups excluding tert-OH is 1. The number of Topliss-reactive ketones (excluding diaryl/α,β-unsaturated/α-hetero) is 1. The van der Waals surface area contributed by atoms with E-state index in [2.05, 4.69) is 16.0 Å². The van der Waals surface area contributed by atoms with E-state index >= 15 is 0 Å². The number of hydrogen-bond donors (Lipinski definition) is 1. The number of ketones is 1. The van der Waals surface area contributed by atoms with E-state index in [0.29, 0.717) is 43.0 Å². The monoisotopic (exact) mass is 508 g/mol. The summed E-state index contributed by atoms with van der Waals surface area (Å²) < 4.78 is 7.80. The number of rotatable bonds is 9. The number of imidazole rings is 1. The number of likely N-dealkylation sites (tertiary alicyclic amines) is 1. The maximum Gasteiger partial charge on any atom is 0.295 e. The second kappa shape index (κ2) is 11.1. The normalized spacial score (nSPS) is 16.7. The second-order valence-electron chi connectivity index (χ2n) is 9.24. The molecule has 0 unspecified atom stereocenters. The molecular weight excluding hydrogens is 480 g/mol. The van der Waals surface area contributed by atoms with Crippen molar-refractivity contribution in [3.8, 4) is 5.75 Å². The van der Waals surface area contributed by atoms with Gasteiger partial charge in [0, 0.05) is 43.4 Å². The number of carbonyl (C=O) groups is 2. The van der Waals surface area contributed by atoms with E-state index in [4.69, 9.17) is 4.74 Å². The fraction of sp³-hybridized carbons (Fsp3) is 0.200. The number of nitrogens with zero attached hydrogens (tertiary/aromatic N) is 4. The standard InChI is InChI=1S/C30H28N4O4/c1-21-5-2-6-22(17-21)19-38-25-10-8-23(9-11-25)28(35)26-27(24-7-3-12-31-18-24)34(30(37)29(26)36)15-4-14-33-16-13-32-20-33/h2-3,5-13,16-18,20,27,35H,4,14-15,19H2,1H3/b28-26+/t27-/m0/s1. The first-order valence-electron chi connectivity index (χ1n) is 12.4. The number of aryl methyl sites for hydroxylation is 2. The minimum atomic E-state index is -0.733. The van der Waals surface area contributed by atoms with Crippen LogP contribution in [-0.4, -0.2) is 42.8 Å². The average molecular weight is 509 g/mol. The molecule has 1 saturated heterocycles. The minimum absolute atomic E-state index is 0.0547. The van der Waals surface area contributed by atoms with Gasteiger partial charge in [-0.15, -0.1) is 0 Å². The highest BCUT2D eigenvalue weighted by Crippen LogP contribution is 2.39. The van der Waals surface area contributed by atoms with Crippen LogP contribution in [0.3, 0.4) is 0 Å². The average Bonchev–Trinajstić information content (AvgIpc) is 3.55. The van der Waals surface area contributed by atoms with Crippen molar-refractivity contribution in [3.05, 3.63) is 120 Å². The summed E-state index contributed by atoms with van der Waals surface area (Å²) in [5.74, 6) is -0.936. The first kappa shape index (κ1) is 25.0. The van der Waals surface area contributed by atoms with Gasteiger partial charge >= 0.3 is 0 Å². The molecule has 0 bridgehead atoms. The number of aromatic nitrogens is 3. The Labute approximate surface area is 220 Å². The van der Waals surface area contributed by atoms with Gasteiger partial charge in [0.05, 0.1) is 17.9 Å². The zero-order chi connectivity index (χ0) is 26.5. The third kappa shape index (κ3) is 5.34. The number of hydrogen-bond acceptors (Lipinski definition) is 6. The summed E-state index contributed by atoms with van der Waals surface area (Å²) in [4.78, 5) is 36.0. The molecule has 1 atom stereocenters. The van der Waals surface area contributed by atoms with Crippen LogP contribution in [-0.2, 0) is 22.7 Å². The Bertz CT molecular complexity index is 1450. The molecule has 192 valence electrons. The minimum Gasteiger partial charge on any atom is -0.507 e. The molecule has 0 saturated carbocycles. The van der Waals surface area contributed by atoms with Crippen molar-refractivity contribution in [2.45, 2.75) is 32.5 Å². The first-order chi connectivity index (χ1) is 18.5. The van der Waals surface area contributed by atoms with Crippen molar-refractivity contribution in [1.29, 1.82) is 0 Å². The molecule has 8 heteroatoms. The Morgan fingerprint density at radius 3 is 2.55 bits per heavy atom. The maximum atomic E-state index is 13.2. The highest BCUT2D eigenvalue weighted by Gasteiger charge is 2.45. The molecule has 0 spiro atoms. The topological polar surface area (TPSA) is 97.6 Å². The van der Waals surface area contributed by atoms with Crippen molar-refractivity contribution in [1.82, 2.24) is 19.4 Å². The first-order valence-corrected chi connectivity index (χ1v) is 12.4. The lowest BCUT2D eigenvalue weighted by atomic mass is 9.96. The molecule has 38 heavy (non-hydrogen) atoms. The molecule has 4 aromatic rings. The van der Waals surface area contributed by atoms with E-state index in [1.165, 1.54) is 4.90 Å². The summed E-state index contributed by atoms with van der Waals surface area (Å²) in [7, 11) is 0. The van der Waals surface area contributed by atoms with E-state index < -0.39 is 17.7 Å². The molecule has 8 nitrogen and oxygen atoms in total. The van der Waals surface area contributed by atoms with Gasteiger partial charge in [-0.05, 0) is 54.8 Å². The predicted octanol–water partition coefficient (Wildman–Crippen LogP) is 4.68. The molecule has 1 aliphatic rings. The van der Waals surface area contributed by atoms with Gasteiger partial charge in [0.1, 0.15) is 18.1 Å². The lowest BCUT2D eigenvalue weighted by Crippen LogP contribution is -2.31. The van der Waals surface area contributed by atoms with Gasteiger partial charge in [-0.2, -0.15) is 0 Å². The summed E-state index contributed by atoms with van der Waals surface area (Å²) >= 11 is 0. The van der Waals surface area contributed by atoms with Gasteiger partial charge in [-0.25, -0.2) is 4.98 Å². The number of benzene rings is 2. The van der Waals surface area contributed by atoms with Crippen molar-refractivity contribution < 1.29 is 19.4 Å². The van der Waals surface area contributed by atoms with Crippen molar-refractivity contribution in [2.24, 2.45) is 0 Å². The van der Waals surface area contributed by atoms with Crippen LogP contribution in [0.25, 0.3) is 5.76 Å². The summed E-state index contributed by atoms with van der Waals surface area (Å²) in [5.41, 5.74) is 3.36. The molecule has 1 N–H and O–H groups in total. The smallest absolute Gasteiger partial charge is 0.295 e. The molecule has 0 aliphatic carbocycles. The lowest BCUT2D eigenvalue weighted by molar-refractivity contribution is -0.139.